The van der Waals surface area contributed by atoms with Crippen molar-refractivity contribution in [2.75, 3.05) is 0 Å². The quantitative estimate of drug-likeness (QED) is 0.222. The van der Waals surface area contributed by atoms with E-state index < -0.39 is 5.97 Å². The summed E-state index contributed by atoms with van der Waals surface area (Å²) in [6, 6.07) is 10.5. The number of hydrogen-bond acceptors (Lipinski definition) is 2. The molecule has 0 heterocycles. The van der Waals surface area contributed by atoms with E-state index in [0.29, 0.717) is 0 Å². The maximum Gasteiger partial charge on any atom is 0.303 e. The molecule has 0 radical (unpaired) electrons. The Morgan fingerprint density at radius 1 is 0.966 bits per heavy atom. The molecule has 0 saturated heterocycles. The molecule has 0 aromatic heterocycles. The van der Waals surface area contributed by atoms with Crippen molar-refractivity contribution in [2.45, 2.75) is 96.5 Å². The lowest BCUT2D eigenvalue weighted by molar-refractivity contribution is -0.137. The molecule has 0 aliphatic rings. The number of hydrogen-bond donors (Lipinski definition) is 2. The van der Waals surface area contributed by atoms with Gasteiger partial charge in [-0.1, -0.05) is 99.6 Å². The van der Waals surface area contributed by atoms with Gasteiger partial charge in [-0.2, -0.15) is 0 Å². The third-order valence-electron chi connectivity index (χ3n) is 5.18. The van der Waals surface area contributed by atoms with Crippen molar-refractivity contribution in [1.82, 2.24) is 0 Å². The Kier molecular flexibility index (Phi) is 14.8. The number of aryl methyl sites for hydroxylation is 1. The van der Waals surface area contributed by atoms with Gasteiger partial charge in [-0.3, -0.25) is 4.79 Å². The Bertz CT molecular complexity index is 589. The van der Waals surface area contributed by atoms with E-state index in [1.807, 2.05) is 12.1 Å². The van der Waals surface area contributed by atoms with Crippen LogP contribution in [0.3, 0.4) is 0 Å². The number of aliphatic hydroxyl groups excluding tert-OH is 1. The molecule has 3 nitrogen and oxygen atoms in total. The highest BCUT2D eigenvalue weighted by atomic mass is 16.4. The molecule has 0 saturated carbocycles. The summed E-state index contributed by atoms with van der Waals surface area (Å²) >= 11 is 0. The Morgan fingerprint density at radius 3 is 2.41 bits per heavy atom. The van der Waals surface area contributed by atoms with Crippen LogP contribution in [-0.4, -0.2) is 22.3 Å². The molecular formula is C26H40O3. The van der Waals surface area contributed by atoms with E-state index in [2.05, 4.69) is 43.3 Å². The third-order valence-corrected chi connectivity index (χ3v) is 5.18. The summed E-state index contributed by atoms with van der Waals surface area (Å²) in [5.41, 5.74) is 2.64. The number of carboxylic acid groups (broad SMARTS) is 1. The average Bonchev–Trinajstić information content (AvgIpc) is 2.72. The fourth-order valence-electron chi connectivity index (χ4n) is 3.36. The largest absolute Gasteiger partial charge is 0.481 e. The molecule has 3 heteroatoms. The van der Waals surface area contributed by atoms with Crippen molar-refractivity contribution in [3.63, 3.8) is 0 Å². The standard InChI is InChI=1S/C26H40O3/c1-2-3-9-17-25(27)22-21-24(20-19-23-14-11-8-12-15-23)16-10-6-4-5-7-13-18-26(28)29/h8,11-12,14-16,21-22,25,27H,2-7,9-10,13,17-20H2,1H3,(H,28,29)/t25-/m0/s1. The van der Waals surface area contributed by atoms with Crippen molar-refractivity contribution < 1.29 is 15.0 Å². The molecule has 162 valence electrons. The lowest BCUT2D eigenvalue weighted by Crippen LogP contribution is -2.01. The summed E-state index contributed by atoms with van der Waals surface area (Å²) in [5, 5.41) is 18.9. The highest BCUT2D eigenvalue weighted by Crippen LogP contribution is 2.15. The van der Waals surface area contributed by atoms with Crippen molar-refractivity contribution in [3.8, 4) is 0 Å². The van der Waals surface area contributed by atoms with Gasteiger partial charge in [0, 0.05) is 6.42 Å². The number of rotatable bonds is 17. The van der Waals surface area contributed by atoms with E-state index in [-0.39, 0.29) is 12.5 Å². The molecule has 0 unspecified atom stereocenters. The van der Waals surface area contributed by atoms with E-state index >= 15 is 0 Å². The summed E-state index contributed by atoms with van der Waals surface area (Å²) < 4.78 is 0. The summed E-state index contributed by atoms with van der Waals surface area (Å²) in [4.78, 5) is 10.5. The van der Waals surface area contributed by atoms with Crippen LogP contribution in [0.25, 0.3) is 0 Å². The van der Waals surface area contributed by atoms with Crippen molar-refractivity contribution >= 4 is 5.97 Å². The van der Waals surface area contributed by atoms with Gasteiger partial charge in [-0.05, 0) is 44.1 Å². The van der Waals surface area contributed by atoms with E-state index in [1.54, 1.807) is 0 Å². The second-order valence-corrected chi connectivity index (χ2v) is 7.89. The van der Waals surface area contributed by atoms with Gasteiger partial charge in [0.1, 0.15) is 0 Å². The fourth-order valence-corrected chi connectivity index (χ4v) is 3.36. The predicted molar refractivity (Wildman–Crippen MR) is 122 cm³/mol. The third kappa shape index (κ3) is 14.7. The van der Waals surface area contributed by atoms with Crippen molar-refractivity contribution in [1.29, 1.82) is 0 Å². The predicted octanol–water partition coefficient (Wildman–Crippen LogP) is 6.86. The summed E-state index contributed by atoms with van der Waals surface area (Å²) in [7, 11) is 0. The maximum absolute atomic E-state index is 10.5. The minimum absolute atomic E-state index is 0.287. The molecule has 0 aliphatic carbocycles. The molecule has 1 aromatic rings. The van der Waals surface area contributed by atoms with Crippen molar-refractivity contribution in [3.05, 3.63) is 59.7 Å². The molecule has 0 aliphatic heterocycles. The van der Waals surface area contributed by atoms with Gasteiger partial charge < -0.3 is 10.2 Å². The highest BCUT2D eigenvalue weighted by Gasteiger charge is 2.01. The smallest absolute Gasteiger partial charge is 0.303 e. The fraction of sp³-hybridized carbons (Fsp3) is 0.577. The van der Waals surface area contributed by atoms with Gasteiger partial charge in [0.05, 0.1) is 6.10 Å². The maximum atomic E-state index is 10.5. The monoisotopic (exact) mass is 400 g/mol. The van der Waals surface area contributed by atoms with E-state index in [4.69, 9.17) is 5.11 Å². The molecule has 2 N–H and O–H groups in total. The average molecular weight is 401 g/mol. The van der Waals surface area contributed by atoms with Crippen LogP contribution in [0.5, 0.6) is 0 Å². The summed E-state index contributed by atoms with van der Waals surface area (Å²) in [6.07, 6.45) is 18.8. The molecule has 0 amide bonds. The van der Waals surface area contributed by atoms with Crippen LogP contribution in [-0.2, 0) is 11.2 Å². The second kappa shape index (κ2) is 17.0. The SMILES string of the molecule is CCCCC[C@H](O)C=CC(=CCCCCCCCC(=O)O)CCc1ccccc1. The number of benzene rings is 1. The minimum atomic E-state index is -0.695. The van der Waals surface area contributed by atoms with Gasteiger partial charge in [-0.25, -0.2) is 0 Å². The first-order valence-electron chi connectivity index (χ1n) is 11.4. The highest BCUT2D eigenvalue weighted by molar-refractivity contribution is 5.66. The molecule has 0 bridgehead atoms. The topological polar surface area (TPSA) is 57.5 Å². The Hall–Kier alpha value is -1.87. The summed E-state index contributed by atoms with van der Waals surface area (Å²) in [5.74, 6) is -0.695. The van der Waals surface area contributed by atoms with Crippen LogP contribution in [0.4, 0.5) is 0 Å². The van der Waals surface area contributed by atoms with E-state index in [0.717, 1.165) is 64.2 Å². The molecule has 0 spiro atoms. The lowest BCUT2D eigenvalue weighted by atomic mass is 10.0. The molecule has 1 aromatic carbocycles. The number of carboxylic acids is 1. The van der Waals surface area contributed by atoms with E-state index in [9.17, 15) is 9.90 Å². The molecule has 0 fully saturated rings. The minimum Gasteiger partial charge on any atom is -0.481 e. The second-order valence-electron chi connectivity index (χ2n) is 7.89. The van der Waals surface area contributed by atoms with E-state index in [1.165, 1.54) is 24.0 Å². The van der Waals surface area contributed by atoms with Crippen LogP contribution in [0.2, 0.25) is 0 Å². The lowest BCUT2D eigenvalue weighted by Gasteiger charge is -2.07. The Morgan fingerprint density at radius 2 is 1.69 bits per heavy atom. The molecular weight excluding hydrogens is 360 g/mol. The number of aliphatic carboxylic acids is 1. The van der Waals surface area contributed by atoms with Crippen LogP contribution < -0.4 is 0 Å². The van der Waals surface area contributed by atoms with Gasteiger partial charge in [-0.15, -0.1) is 0 Å². The zero-order chi connectivity index (χ0) is 21.2. The molecule has 29 heavy (non-hydrogen) atoms. The zero-order valence-corrected chi connectivity index (χ0v) is 18.2. The van der Waals surface area contributed by atoms with Crippen molar-refractivity contribution in [2.24, 2.45) is 0 Å². The molecule has 1 rings (SSSR count). The Labute approximate surface area is 177 Å². The van der Waals surface area contributed by atoms with Crippen LogP contribution in [0.1, 0.15) is 89.5 Å². The first kappa shape index (κ1) is 25.2. The van der Waals surface area contributed by atoms with Crippen LogP contribution >= 0.6 is 0 Å². The van der Waals surface area contributed by atoms with Crippen LogP contribution in [0.15, 0.2) is 54.1 Å². The molecule has 1 atom stereocenters. The number of allylic oxidation sites excluding steroid dienone is 3. The zero-order valence-electron chi connectivity index (χ0n) is 18.2. The first-order valence-corrected chi connectivity index (χ1v) is 11.4. The number of aliphatic hydroxyl groups is 1. The number of carbonyl (C=O) groups is 1. The normalized spacial score (nSPS) is 13.1. The summed E-state index contributed by atoms with van der Waals surface area (Å²) in [6.45, 7) is 2.18. The van der Waals surface area contributed by atoms with Gasteiger partial charge in [0.15, 0.2) is 0 Å². The van der Waals surface area contributed by atoms with Gasteiger partial charge in [0.25, 0.3) is 0 Å². The van der Waals surface area contributed by atoms with Crippen LogP contribution in [0, 0.1) is 0 Å². The van der Waals surface area contributed by atoms with Gasteiger partial charge in [0.2, 0.25) is 0 Å². The first-order chi connectivity index (χ1) is 14.1. The van der Waals surface area contributed by atoms with Gasteiger partial charge >= 0.3 is 5.97 Å². The number of unbranched alkanes of at least 4 members (excludes halogenated alkanes) is 7. The Balaban J connectivity index is 2.43.